The van der Waals surface area contributed by atoms with E-state index in [0.29, 0.717) is 18.8 Å². The first-order valence-corrected chi connectivity index (χ1v) is 9.57. The van der Waals surface area contributed by atoms with Gasteiger partial charge in [-0.25, -0.2) is 0 Å². The lowest BCUT2D eigenvalue weighted by atomic mass is 9.99. The van der Waals surface area contributed by atoms with Crippen molar-refractivity contribution in [1.82, 2.24) is 9.80 Å². The summed E-state index contributed by atoms with van der Waals surface area (Å²) in [4.78, 5) is 29.6. The van der Waals surface area contributed by atoms with Crippen LogP contribution in [0.3, 0.4) is 0 Å². The normalized spacial score (nSPS) is 18.9. The Labute approximate surface area is 167 Å². The number of hydrogen-bond acceptors (Lipinski definition) is 7. The van der Waals surface area contributed by atoms with Gasteiger partial charge in [0.05, 0.1) is 24.3 Å². The number of Topliss-reactive ketones (excluding diaryl/α,β-unsaturated/α-hetero) is 1. The molecule has 0 radical (unpaired) electrons. The Morgan fingerprint density at radius 1 is 1.29 bits per heavy atom. The first kappa shape index (κ1) is 19.9. The summed E-state index contributed by atoms with van der Waals surface area (Å²) >= 11 is 1.40. The van der Waals surface area contributed by atoms with E-state index in [4.69, 9.17) is 4.74 Å². The van der Waals surface area contributed by atoms with Crippen molar-refractivity contribution < 1.29 is 24.5 Å². The first-order chi connectivity index (χ1) is 13.3. The van der Waals surface area contributed by atoms with E-state index < -0.39 is 23.5 Å². The molecular formula is C20H22N2O5S. The quantitative estimate of drug-likeness (QED) is 0.438. The second-order valence-electron chi connectivity index (χ2n) is 6.69. The van der Waals surface area contributed by atoms with Crippen LogP contribution in [0.2, 0.25) is 0 Å². The van der Waals surface area contributed by atoms with Crippen molar-refractivity contribution in [1.29, 1.82) is 0 Å². The van der Waals surface area contributed by atoms with Crippen molar-refractivity contribution in [3.63, 3.8) is 0 Å². The molecule has 1 fully saturated rings. The number of phenolic OH excluding ortho intramolecular Hbond substituents is 1. The molecule has 1 aromatic heterocycles. The molecule has 0 bridgehead atoms. The molecule has 1 atom stereocenters. The maximum atomic E-state index is 12.8. The minimum atomic E-state index is -0.759. The number of carbonyl (C=O) groups is 2. The van der Waals surface area contributed by atoms with Crippen LogP contribution < -0.4 is 4.74 Å². The number of methoxy groups -OCH3 is 1. The smallest absolute Gasteiger partial charge is 0.295 e. The molecule has 1 aliphatic rings. The van der Waals surface area contributed by atoms with Gasteiger partial charge in [0.15, 0.2) is 0 Å². The molecule has 2 heterocycles. The van der Waals surface area contributed by atoms with E-state index in [2.05, 4.69) is 0 Å². The molecule has 7 nitrogen and oxygen atoms in total. The Kier molecular flexibility index (Phi) is 5.71. The van der Waals surface area contributed by atoms with Crippen LogP contribution in [0.4, 0.5) is 0 Å². The predicted molar refractivity (Wildman–Crippen MR) is 107 cm³/mol. The molecule has 1 aromatic carbocycles. The zero-order valence-corrected chi connectivity index (χ0v) is 16.7. The maximum absolute atomic E-state index is 12.8. The molecule has 1 aliphatic heterocycles. The number of amides is 1. The Bertz CT molecular complexity index is 921. The first-order valence-electron chi connectivity index (χ1n) is 8.69. The molecule has 0 aliphatic carbocycles. The fourth-order valence-corrected chi connectivity index (χ4v) is 3.99. The Balaban J connectivity index is 2.12. The standard InChI is InChI=1S/C20H22N2O5S/c1-21(2)8-9-22-17(15-5-4-10-28-15)16(19(25)20(22)26)18(24)13-7-6-12(27-3)11-14(13)23/h4-7,10-11,17,23-24H,8-9H2,1-3H3/t17-/m0/s1. The molecule has 0 unspecified atom stereocenters. The predicted octanol–water partition coefficient (Wildman–Crippen LogP) is 2.45. The van der Waals surface area contributed by atoms with Crippen molar-refractivity contribution in [3.8, 4) is 11.5 Å². The zero-order valence-electron chi connectivity index (χ0n) is 15.9. The second-order valence-corrected chi connectivity index (χ2v) is 7.67. The van der Waals surface area contributed by atoms with E-state index in [1.807, 2.05) is 36.5 Å². The monoisotopic (exact) mass is 402 g/mol. The van der Waals surface area contributed by atoms with E-state index >= 15 is 0 Å². The van der Waals surface area contributed by atoms with Crippen molar-refractivity contribution >= 4 is 28.8 Å². The van der Waals surface area contributed by atoms with Crippen molar-refractivity contribution in [3.05, 3.63) is 51.7 Å². The molecule has 148 valence electrons. The molecule has 8 heteroatoms. The number of ketones is 1. The molecule has 2 aromatic rings. The van der Waals surface area contributed by atoms with E-state index in [1.54, 1.807) is 6.07 Å². The molecule has 0 saturated carbocycles. The van der Waals surface area contributed by atoms with Gasteiger partial charge in [0.1, 0.15) is 17.3 Å². The highest BCUT2D eigenvalue weighted by Gasteiger charge is 2.46. The molecule has 2 N–H and O–H groups in total. The minimum Gasteiger partial charge on any atom is -0.507 e. The number of rotatable bonds is 6. The van der Waals surface area contributed by atoms with Gasteiger partial charge < -0.3 is 24.7 Å². The highest BCUT2D eigenvalue weighted by atomic mass is 32.1. The van der Waals surface area contributed by atoms with Gasteiger partial charge in [0.2, 0.25) is 0 Å². The summed E-state index contributed by atoms with van der Waals surface area (Å²) in [5, 5.41) is 23.0. The van der Waals surface area contributed by atoms with Gasteiger partial charge in [-0.3, -0.25) is 9.59 Å². The number of likely N-dealkylation sites (N-methyl/N-ethyl adjacent to an activating group) is 1. The summed E-state index contributed by atoms with van der Waals surface area (Å²) in [5.74, 6) is -1.64. The van der Waals surface area contributed by atoms with Crippen LogP contribution in [0.25, 0.3) is 5.76 Å². The summed E-state index contributed by atoms with van der Waals surface area (Å²) in [6.45, 7) is 0.911. The third kappa shape index (κ3) is 3.61. The highest BCUT2D eigenvalue weighted by molar-refractivity contribution is 7.10. The maximum Gasteiger partial charge on any atom is 0.295 e. The summed E-state index contributed by atoms with van der Waals surface area (Å²) < 4.78 is 5.05. The van der Waals surface area contributed by atoms with Crippen LogP contribution in [-0.4, -0.2) is 66.0 Å². The lowest BCUT2D eigenvalue weighted by Gasteiger charge is -2.25. The van der Waals surface area contributed by atoms with Gasteiger partial charge in [0, 0.05) is 24.0 Å². The van der Waals surface area contributed by atoms with Crippen LogP contribution in [-0.2, 0) is 9.59 Å². The Morgan fingerprint density at radius 2 is 2.04 bits per heavy atom. The zero-order chi connectivity index (χ0) is 20.4. The van der Waals surface area contributed by atoms with Gasteiger partial charge >= 0.3 is 0 Å². The number of aliphatic hydroxyl groups is 1. The van der Waals surface area contributed by atoms with E-state index in [9.17, 15) is 19.8 Å². The van der Waals surface area contributed by atoms with Crippen LogP contribution in [0, 0.1) is 0 Å². The molecule has 28 heavy (non-hydrogen) atoms. The van der Waals surface area contributed by atoms with Crippen LogP contribution >= 0.6 is 11.3 Å². The minimum absolute atomic E-state index is 0.0216. The fraction of sp³-hybridized carbons (Fsp3) is 0.300. The number of aliphatic hydroxyl groups excluding tert-OH is 1. The lowest BCUT2D eigenvalue weighted by molar-refractivity contribution is -0.140. The average molecular weight is 402 g/mol. The number of hydrogen-bond donors (Lipinski definition) is 2. The van der Waals surface area contributed by atoms with E-state index in [-0.39, 0.29) is 16.9 Å². The van der Waals surface area contributed by atoms with Gasteiger partial charge in [0.25, 0.3) is 11.7 Å². The SMILES string of the molecule is COc1ccc(C(O)=C2C(=O)C(=O)N(CCN(C)C)[C@H]2c2cccs2)c(O)c1. The molecule has 0 spiro atoms. The average Bonchev–Trinajstić information content (AvgIpc) is 3.27. The molecule has 1 amide bonds. The van der Waals surface area contributed by atoms with Crippen molar-refractivity contribution in [2.45, 2.75) is 6.04 Å². The summed E-state index contributed by atoms with van der Waals surface area (Å²) in [6.07, 6.45) is 0. The number of thiophene rings is 1. The third-order valence-corrected chi connectivity index (χ3v) is 5.53. The number of phenols is 1. The highest BCUT2D eigenvalue weighted by Crippen LogP contribution is 2.42. The number of likely N-dealkylation sites (tertiary alicyclic amines) is 1. The number of nitrogens with zero attached hydrogens (tertiary/aromatic N) is 2. The number of carbonyl (C=O) groups excluding carboxylic acids is 2. The van der Waals surface area contributed by atoms with E-state index in [0.717, 1.165) is 4.88 Å². The molecule has 3 rings (SSSR count). The summed E-state index contributed by atoms with van der Waals surface area (Å²) in [7, 11) is 5.22. The Morgan fingerprint density at radius 3 is 2.61 bits per heavy atom. The number of benzene rings is 1. The largest absolute Gasteiger partial charge is 0.507 e. The molecular weight excluding hydrogens is 380 g/mol. The van der Waals surface area contributed by atoms with Crippen LogP contribution in [0.5, 0.6) is 11.5 Å². The van der Waals surface area contributed by atoms with Crippen LogP contribution in [0.1, 0.15) is 16.5 Å². The van der Waals surface area contributed by atoms with Crippen molar-refractivity contribution in [2.24, 2.45) is 0 Å². The van der Waals surface area contributed by atoms with Gasteiger partial charge in [-0.1, -0.05) is 6.07 Å². The van der Waals surface area contributed by atoms with E-state index in [1.165, 1.54) is 35.5 Å². The molecule has 1 saturated heterocycles. The number of ether oxygens (including phenoxy) is 1. The number of aromatic hydroxyl groups is 1. The fourth-order valence-electron chi connectivity index (χ4n) is 3.14. The van der Waals surface area contributed by atoms with Gasteiger partial charge in [-0.15, -0.1) is 11.3 Å². The topological polar surface area (TPSA) is 90.3 Å². The van der Waals surface area contributed by atoms with Crippen molar-refractivity contribution in [2.75, 3.05) is 34.3 Å². The van der Waals surface area contributed by atoms with Gasteiger partial charge in [-0.05, 0) is 37.7 Å². The summed E-state index contributed by atoms with van der Waals surface area (Å²) in [6, 6.07) is 7.33. The lowest BCUT2D eigenvalue weighted by Crippen LogP contribution is -2.35. The second kappa shape index (κ2) is 8.04. The van der Waals surface area contributed by atoms with Gasteiger partial charge in [-0.2, -0.15) is 0 Å². The third-order valence-electron chi connectivity index (χ3n) is 4.60. The van der Waals surface area contributed by atoms with Crippen LogP contribution in [0.15, 0.2) is 41.3 Å². The summed E-state index contributed by atoms with van der Waals surface area (Å²) in [5.41, 5.74) is 0.0552. The Hall–Kier alpha value is -2.84.